The molecule has 4 aromatic rings. The molecule has 2 heterocycles. The van der Waals surface area contributed by atoms with Crippen molar-refractivity contribution in [3.8, 4) is 5.69 Å². The summed E-state index contributed by atoms with van der Waals surface area (Å²) in [5.74, 6) is 0. The van der Waals surface area contributed by atoms with E-state index >= 15 is 0 Å². The van der Waals surface area contributed by atoms with Gasteiger partial charge in [0, 0.05) is 27.7 Å². The Morgan fingerprint density at radius 1 is 1.12 bits per heavy atom. The quantitative estimate of drug-likeness (QED) is 0.359. The second-order valence-electron chi connectivity index (χ2n) is 6.00. The molecule has 2 aromatic carbocycles. The number of hydrogen-bond donors (Lipinski definition) is 1. The number of fused-ring (bicyclic) bond motifs is 1. The van der Waals surface area contributed by atoms with Crippen LogP contribution in [0.15, 0.2) is 59.7 Å². The lowest BCUT2D eigenvalue weighted by Gasteiger charge is -2.09. The van der Waals surface area contributed by atoms with Gasteiger partial charge in [0.05, 0.1) is 16.4 Å². The highest BCUT2D eigenvalue weighted by atomic mass is 35.5. The Hall–Kier alpha value is -2.63. The van der Waals surface area contributed by atoms with Gasteiger partial charge in [0.2, 0.25) is 5.13 Å². The standard InChI is InChI=1S/C20H17ClN4S/c1-13-11-15(14(2)25(13)17-9-7-16(21)8-10-17)12-22-24-20-23-18-5-3-4-6-19(18)26-20/h3-12H,1-2H3,(H,23,24). The predicted octanol–water partition coefficient (Wildman–Crippen LogP) is 5.80. The van der Waals surface area contributed by atoms with Crippen molar-refractivity contribution in [1.82, 2.24) is 9.55 Å². The van der Waals surface area contributed by atoms with Crippen LogP contribution in [-0.2, 0) is 0 Å². The van der Waals surface area contributed by atoms with E-state index in [1.54, 1.807) is 11.3 Å². The third-order valence-electron chi connectivity index (χ3n) is 4.21. The number of halogens is 1. The first-order valence-electron chi connectivity index (χ1n) is 8.21. The molecule has 0 unspecified atom stereocenters. The number of anilines is 1. The molecule has 0 saturated carbocycles. The van der Waals surface area contributed by atoms with E-state index in [4.69, 9.17) is 11.6 Å². The fourth-order valence-electron chi connectivity index (χ4n) is 2.98. The lowest BCUT2D eigenvalue weighted by Crippen LogP contribution is -1.99. The second kappa shape index (κ2) is 6.94. The van der Waals surface area contributed by atoms with Gasteiger partial charge in [0.25, 0.3) is 0 Å². The van der Waals surface area contributed by atoms with Crippen molar-refractivity contribution < 1.29 is 0 Å². The Kier molecular flexibility index (Phi) is 4.49. The van der Waals surface area contributed by atoms with Crippen molar-refractivity contribution in [2.75, 3.05) is 5.43 Å². The third-order valence-corrected chi connectivity index (χ3v) is 5.41. The van der Waals surface area contributed by atoms with Crippen LogP contribution in [-0.4, -0.2) is 15.8 Å². The second-order valence-corrected chi connectivity index (χ2v) is 7.46. The van der Waals surface area contributed by atoms with E-state index in [0.29, 0.717) is 0 Å². The van der Waals surface area contributed by atoms with Crippen LogP contribution in [0.1, 0.15) is 17.0 Å². The molecule has 6 heteroatoms. The topological polar surface area (TPSA) is 42.2 Å². The number of hydrazone groups is 1. The first-order chi connectivity index (χ1) is 12.6. The van der Waals surface area contributed by atoms with Crippen LogP contribution in [0.4, 0.5) is 5.13 Å². The maximum atomic E-state index is 6.00. The van der Waals surface area contributed by atoms with E-state index in [1.807, 2.05) is 48.7 Å². The van der Waals surface area contributed by atoms with Gasteiger partial charge in [0.1, 0.15) is 0 Å². The molecule has 26 heavy (non-hydrogen) atoms. The molecule has 4 rings (SSSR count). The number of aryl methyl sites for hydroxylation is 1. The van der Waals surface area contributed by atoms with E-state index in [2.05, 4.69) is 46.1 Å². The summed E-state index contributed by atoms with van der Waals surface area (Å²) in [7, 11) is 0. The number of nitrogens with zero attached hydrogens (tertiary/aromatic N) is 3. The molecular formula is C20H17ClN4S. The fraction of sp³-hybridized carbons (Fsp3) is 0.100. The number of rotatable bonds is 4. The van der Waals surface area contributed by atoms with E-state index in [-0.39, 0.29) is 0 Å². The zero-order chi connectivity index (χ0) is 18.1. The van der Waals surface area contributed by atoms with Crippen molar-refractivity contribution in [3.05, 3.63) is 76.6 Å². The van der Waals surface area contributed by atoms with Crippen molar-refractivity contribution in [2.24, 2.45) is 5.10 Å². The summed E-state index contributed by atoms with van der Waals surface area (Å²) in [5.41, 5.74) is 8.44. The van der Waals surface area contributed by atoms with Gasteiger partial charge in [0.15, 0.2) is 0 Å². The minimum Gasteiger partial charge on any atom is -0.318 e. The Morgan fingerprint density at radius 3 is 2.65 bits per heavy atom. The Morgan fingerprint density at radius 2 is 1.88 bits per heavy atom. The van der Waals surface area contributed by atoms with E-state index in [9.17, 15) is 0 Å². The first-order valence-corrected chi connectivity index (χ1v) is 9.41. The van der Waals surface area contributed by atoms with Crippen LogP contribution in [0, 0.1) is 13.8 Å². The Labute approximate surface area is 160 Å². The number of hydrogen-bond acceptors (Lipinski definition) is 4. The molecule has 0 saturated heterocycles. The summed E-state index contributed by atoms with van der Waals surface area (Å²) in [6.07, 6.45) is 1.83. The summed E-state index contributed by atoms with van der Waals surface area (Å²) >= 11 is 7.59. The molecule has 2 aromatic heterocycles. The maximum absolute atomic E-state index is 6.00. The number of aromatic nitrogens is 2. The largest absolute Gasteiger partial charge is 0.318 e. The number of nitrogens with one attached hydrogen (secondary N) is 1. The number of para-hydroxylation sites is 1. The SMILES string of the molecule is Cc1cc(C=NNc2nc3ccccc3s2)c(C)n1-c1ccc(Cl)cc1. The predicted molar refractivity (Wildman–Crippen MR) is 111 cm³/mol. The minimum atomic E-state index is 0.734. The summed E-state index contributed by atoms with van der Waals surface area (Å²) < 4.78 is 3.33. The van der Waals surface area contributed by atoms with Crippen LogP contribution >= 0.6 is 22.9 Å². The molecule has 0 amide bonds. The first kappa shape index (κ1) is 16.8. The lowest BCUT2D eigenvalue weighted by molar-refractivity contribution is 0.965. The molecule has 0 spiro atoms. The highest BCUT2D eigenvalue weighted by Crippen LogP contribution is 2.25. The Bertz CT molecular complexity index is 1060. The zero-order valence-electron chi connectivity index (χ0n) is 14.4. The fourth-order valence-corrected chi connectivity index (χ4v) is 3.92. The molecule has 4 nitrogen and oxygen atoms in total. The van der Waals surface area contributed by atoms with Crippen LogP contribution in [0.5, 0.6) is 0 Å². The van der Waals surface area contributed by atoms with Crippen molar-refractivity contribution in [2.45, 2.75) is 13.8 Å². The summed E-state index contributed by atoms with van der Waals surface area (Å²) in [6, 6.07) is 18.0. The number of benzene rings is 2. The molecule has 0 bridgehead atoms. The van der Waals surface area contributed by atoms with E-state index in [0.717, 1.165) is 43.0 Å². The van der Waals surface area contributed by atoms with Gasteiger partial charge in [-0.25, -0.2) is 4.98 Å². The lowest BCUT2D eigenvalue weighted by atomic mass is 10.2. The molecule has 0 aliphatic carbocycles. The average molecular weight is 381 g/mol. The van der Waals surface area contributed by atoms with E-state index in [1.165, 1.54) is 0 Å². The molecule has 0 fully saturated rings. The monoisotopic (exact) mass is 380 g/mol. The number of thiazole rings is 1. The molecule has 0 aliphatic rings. The summed E-state index contributed by atoms with van der Waals surface area (Å²) in [5, 5.41) is 5.89. The third kappa shape index (κ3) is 3.23. The highest BCUT2D eigenvalue weighted by Gasteiger charge is 2.09. The van der Waals surface area contributed by atoms with Crippen LogP contribution in [0.2, 0.25) is 5.02 Å². The van der Waals surface area contributed by atoms with Gasteiger partial charge in [-0.1, -0.05) is 35.1 Å². The normalized spacial score (nSPS) is 11.5. The van der Waals surface area contributed by atoms with Crippen LogP contribution < -0.4 is 5.43 Å². The molecule has 0 aliphatic heterocycles. The van der Waals surface area contributed by atoms with Crippen LogP contribution in [0.25, 0.3) is 15.9 Å². The van der Waals surface area contributed by atoms with E-state index < -0.39 is 0 Å². The highest BCUT2D eigenvalue weighted by molar-refractivity contribution is 7.22. The average Bonchev–Trinajstić information content (AvgIpc) is 3.17. The van der Waals surface area contributed by atoms with Gasteiger partial charge >= 0.3 is 0 Å². The van der Waals surface area contributed by atoms with Crippen molar-refractivity contribution >= 4 is 44.5 Å². The molecule has 0 radical (unpaired) electrons. The van der Waals surface area contributed by atoms with Crippen molar-refractivity contribution in [1.29, 1.82) is 0 Å². The molecule has 1 N–H and O–H groups in total. The zero-order valence-corrected chi connectivity index (χ0v) is 16.0. The summed E-state index contributed by atoms with van der Waals surface area (Å²) in [6.45, 7) is 4.17. The van der Waals surface area contributed by atoms with Crippen LogP contribution in [0.3, 0.4) is 0 Å². The minimum absolute atomic E-state index is 0.734. The van der Waals surface area contributed by atoms with Gasteiger partial charge in [-0.3, -0.25) is 5.43 Å². The molecule has 0 atom stereocenters. The van der Waals surface area contributed by atoms with Crippen molar-refractivity contribution in [3.63, 3.8) is 0 Å². The smallest absolute Gasteiger partial charge is 0.204 e. The van der Waals surface area contributed by atoms with Gasteiger partial charge in [-0.15, -0.1) is 0 Å². The maximum Gasteiger partial charge on any atom is 0.204 e. The summed E-state index contributed by atoms with van der Waals surface area (Å²) in [4.78, 5) is 4.52. The molecular weight excluding hydrogens is 364 g/mol. The molecule has 130 valence electrons. The van der Waals surface area contributed by atoms with Gasteiger partial charge in [-0.05, 0) is 56.3 Å². The Balaban J connectivity index is 1.57. The van der Waals surface area contributed by atoms with Gasteiger partial charge < -0.3 is 4.57 Å². The van der Waals surface area contributed by atoms with Gasteiger partial charge in [-0.2, -0.15) is 5.10 Å².